The van der Waals surface area contributed by atoms with E-state index >= 15 is 0 Å². The molecule has 3 aliphatic rings. The lowest BCUT2D eigenvalue weighted by molar-refractivity contribution is -0.149. The van der Waals surface area contributed by atoms with E-state index in [9.17, 15) is 19.5 Å². The van der Waals surface area contributed by atoms with Crippen molar-refractivity contribution in [1.29, 1.82) is 0 Å². The molecule has 0 bridgehead atoms. The van der Waals surface area contributed by atoms with Gasteiger partial charge >= 0.3 is 5.97 Å². The lowest BCUT2D eigenvalue weighted by atomic mass is 9.73. The van der Waals surface area contributed by atoms with E-state index in [1.165, 1.54) is 14.0 Å². The number of hydrogen-bond donors (Lipinski definition) is 2. The molecule has 0 aromatic heterocycles. The predicted octanol–water partition coefficient (Wildman–Crippen LogP) is 1.63. The monoisotopic (exact) mass is 458 g/mol. The number of esters is 1. The van der Waals surface area contributed by atoms with Gasteiger partial charge in [-0.05, 0) is 54.9 Å². The topological polar surface area (TPSA) is 105 Å². The number of ether oxygens (including phenoxy) is 2. The van der Waals surface area contributed by atoms with Crippen LogP contribution in [0.25, 0.3) is 0 Å². The van der Waals surface area contributed by atoms with Crippen LogP contribution >= 0.6 is 0 Å². The van der Waals surface area contributed by atoms with Gasteiger partial charge < -0.3 is 24.8 Å². The summed E-state index contributed by atoms with van der Waals surface area (Å²) in [7, 11) is 2.87. The molecule has 4 rings (SSSR count). The Balaban J connectivity index is 1.78. The first kappa shape index (κ1) is 23.5. The highest BCUT2D eigenvalue weighted by molar-refractivity contribution is 5.89. The molecule has 2 aliphatic heterocycles. The zero-order valence-electron chi connectivity index (χ0n) is 20.0. The van der Waals surface area contributed by atoms with Crippen molar-refractivity contribution in [1.82, 2.24) is 10.2 Å². The van der Waals surface area contributed by atoms with E-state index in [2.05, 4.69) is 24.4 Å². The lowest BCUT2D eigenvalue weighted by Crippen LogP contribution is -2.52. The summed E-state index contributed by atoms with van der Waals surface area (Å²) < 4.78 is 10.2. The number of benzene rings is 1. The molecule has 5 unspecified atom stereocenters. The molecule has 33 heavy (non-hydrogen) atoms. The quantitative estimate of drug-likeness (QED) is 0.650. The summed E-state index contributed by atoms with van der Waals surface area (Å²) in [6, 6.07) is 4.90. The smallest absolute Gasteiger partial charge is 0.331 e. The third kappa shape index (κ3) is 3.41. The van der Waals surface area contributed by atoms with Crippen molar-refractivity contribution in [2.45, 2.75) is 57.7 Å². The number of carbonyl (C=O) groups is 3. The summed E-state index contributed by atoms with van der Waals surface area (Å²) in [6.45, 7) is 6.27. The number of aliphatic hydroxyl groups excluding tert-OH is 1. The van der Waals surface area contributed by atoms with Crippen LogP contribution in [0, 0.1) is 23.7 Å². The number of methoxy groups -OCH3 is 2. The Kier molecular flexibility index (Phi) is 6.16. The van der Waals surface area contributed by atoms with Gasteiger partial charge in [-0.25, -0.2) is 4.79 Å². The lowest BCUT2D eigenvalue weighted by Gasteiger charge is -2.43. The van der Waals surface area contributed by atoms with Gasteiger partial charge in [0.25, 0.3) is 0 Å². The SMILES string of the molecule is COC(=O)C(NC(=O)[C@@H]1C(C)[C@H](C)C23c4ccc(OC)cc4CCCN2C(=O)CC13)C(C)O. The Bertz CT molecular complexity index is 962. The average Bonchev–Trinajstić information content (AvgIpc) is 3.10. The maximum atomic E-state index is 13.6. The highest BCUT2D eigenvalue weighted by Crippen LogP contribution is 2.63. The molecule has 2 fully saturated rings. The normalized spacial score (nSPS) is 32.2. The van der Waals surface area contributed by atoms with Gasteiger partial charge in [-0.3, -0.25) is 9.59 Å². The molecule has 1 aromatic rings. The first-order valence-corrected chi connectivity index (χ1v) is 11.7. The van der Waals surface area contributed by atoms with Crippen LogP contribution in [-0.4, -0.2) is 60.7 Å². The second kappa shape index (κ2) is 8.63. The minimum atomic E-state index is -1.15. The van der Waals surface area contributed by atoms with Gasteiger partial charge in [-0.1, -0.05) is 19.9 Å². The minimum Gasteiger partial charge on any atom is -0.497 e. The largest absolute Gasteiger partial charge is 0.497 e. The van der Waals surface area contributed by atoms with E-state index in [-0.39, 0.29) is 36.0 Å². The molecule has 1 aliphatic carbocycles. The summed E-state index contributed by atoms with van der Waals surface area (Å²) in [5.74, 6) is -0.876. The van der Waals surface area contributed by atoms with Gasteiger partial charge in [-0.2, -0.15) is 0 Å². The number of nitrogens with one attached hydrogen (secondary N) is 1. The first-order chi connectivity index (χ1) is 15.7. The molecule has 1 spiro atoms. The Morgan fingerprint density at radius 1 is 1.27 bits per heavy atom. The van der Waals surface area contributed by atoms with Crippen LogP contribution < -0.4 is 10.1 Å². The summed E-state index contributed by atoms with van der Waals surface area (Å²) in [6.07, 6.45) is 0.882. The molecule has 8 heteroatoms. The predicted molar refractivity (Wildman–Crippen MR) is 120 cm³/mol. The fourth-order valence-corrected chi connectivity index (χ4v) is 6.72. The Morgan fingerprint density at radius 2 is 2.00 bits per heavy atom. The van der Waals surface area contributed by atoms with E-state index < -0.39 is 29.6 Å². The van der Waals surface area contributed by atoms with Crippen molar-refractivity contribution < 1.29 is 29.0 Å². The summed E-state index contributed by atoms with van der Waals surface area (Å²) in [4.78, 5) is 41.0. The van der Waals surface area contributed by atoms with Crippen LogP contribution in [-0.2, 0) is 31.1 Å². The molecular weight excluding hydrogens is 424 g/mol. The van der Waals surface area contributed by atoms with Crippen LogP contribution in [0.15, 0.2) is 18.2 Å². The Morgan fingerprint density at radius 3 is 2.64 bits per heavy atom. The maximum absolute atomic E-state index is 13.6. The van der Waals surface area contributed by atoms with Gasteiger partial charge in [0, 0.05) is 24.8 Å². The van der Waals surface area contributed by atoms with Gasteiger partial charge in [0.05, 0.1) is 25.9 Å². The van der Waals surface area contributed by atoms with E-state index in [0.717, 1.165) is 29.7 Å². The second-order valence-electron chi connectivity index (χ2n) is 9.73. The number of hydrogen-bond acceptors (Lipinski definition) is 6. The number of aliphatic hydroxyl groups is 1. The molecule has 1 saturated carbocycles. The average molecular weight is 459 g/mol. The number of fused-ring (bicyclic) bond motifs is 1. The van der Waals surface area contributed by atoms with Crippen LogP contribution in [0.1, 0.15) is 44.7 Å². The first-order valence-electron chi connectivity index (χ1n) is 11.7. The molecule has 7 atom stereocenters. The third-order valence-corrected chi connectivity index (χ3v) is 8.30. The maximum Gasteiger partial charge on any atom is 0.331 e. The fraction of sp³-hybridized carbons (Fsp3) is 0.640. The zero-order valence-corrected chi connectivity index (χ0v) is 20.0. The standard InChI is InChI=1S/C25H34N2O6/c1-13-14(2)25-18-9-8-17(32-4)11-16(18)7-6-10-27(25)20(29)12-19(25)21(13)23(30)26-22(15(3)28)24(31)33-5/h8-9,11,13-15,19,21-22,28H,6-7,10,12H2,1-5H3,(H,26,30)/t13?,14-,15?,19?,21+,22?,25?/m0/s1. The molecule has 180 valence electrons. The Hall–Kier alpha value is -2.61. The third-order valence-electron chi connectivity index (χ3n) is 8.30. The molecule has 2 N–H and O–H groups in total. The summed E-state index contributed by atoms with van der Waals surface area (Å²) in [5.41, 5.74) is 1.68. The van der Waals surface area contributed by atoms with Crippen molar-refractivity contribution in [3.05, 3.63) is 29.3 Å². The summed E-state index contributed by atoms with van der Waals surface area (Å²) >= 11 is 0. The minimum absolute atomic E-state index is 0.0260. The second-order valence-corrected chi connectivity index (χ2v) is 9.73. The van der Waals surface area contributed by atoms with Gasteiger partial charge in [0.15, 0.2) is 6.04 Å². The number of nitrogens with zero attached hydrogens (tertiary/aromatic N) is 1. The van der Waals surface area contributed by atoms with E-state index in [1.807, 2.05) is 17.9 Å². The molecular formula is C25H34N2O6. The Labute approximate surface area is 194 Å². The van der Waals surface area contributed by atoms with E-state index in [0.29, 0.717) is 6.54 Å². The van der Waals surface area contributed by atoms with Crippen molar-refractivity contribution in [2.24, 2.45) is 23.7 Å². The molecule has 2 heterocycles. The van der Waals surface area contributed by atoms with Gasteiger partial charge in [0.2, 0.25) is 11.8 Å². The fourth-order valence-electron chi connectivity index (χ4n) is 6.72. The summed E-state index contributed by atoms with van der Waals surface area (Å²) in [5, 5.41) is 12.8. The highest BCUT2D eigenvalue weighted by Gasteiger charge is 2.68. The van der Waals surface area contributed by atoms with Crippen molar-refractivity contribution in [3.63, 3.8) is 0 Å². The number of amides is 2. The number of carbonyl (C=O) groups excluding carboxylic acids is 3. The van der Waals surface area contributed by atoms with Crippen LogP contribution in [0.4, 0.5) is 0 Å². The molecule has 2 amide bonds. The highest BCUT2D eigenvalue weighted by atomic mass is 16.5. The van der Waals surface area contributed by atoms with Gasteiger partial charge in [0.1, 0.15) is 5.75 Å². The van der Waals surface area contributed by atoms with Gasteiger partial charge in [-0.15, -0.1) is 0 Å². The van der Waals surface area contributed by atoms with Crippen molar-refractivity contribution >= 4 is 17.8 Å². The molecule has 0 radical (unpaired) electrons. The van der Waals surface area contributed by atoms with Crippen molar-refractivity contribution in [3.8, 4) is 5.75 Å². The molecule has 8 nitrogen and oxygen atoms in total. The van der Waals surface area contributed by atoms with Crippen LogP contribution in [0.5, 0.6) is 5.75 Å². The van der Waals surface area contributed by atoms with Crippen LogP contribution in [0.2, 0.25) is 0 Å². The number of rotatable bonds is 5. The van der Waals surface area contributed by atoms with E-state index in [4.69, 9.17) is 9.47 Å². The number of aryl methyl sites for hydroxylation is 1. The van der Waals surface area contributed by atoms with E-state index in [1.54, 1.807) is 7.11 Å². The van der Waals surface area contributed by atoms with Crippen molar-refractivity contribution in [2.75, 3.05) is 20.8 Å². The molecule has 1 aromatic carbocycles. The van der Waals surface area contributed by atoms with Crippen LogP contribution in [0.3, 0.4) is 0 Å². The zero-order chi connectivity index (χ0) is 24.1. The molecule has 1 saturated heterocycles.